The third-order valence-corrected chi connectivity index (χ3v) is 3.80. The first-order valence-electron chi connectivity index (χ1n) is 7.13. The van der Waals surface area contributed by atoms with Gasteiger partial charge in [-0.05, 0) is 24.1 Å². The number of pyridine rings is 1. The molecule has 3 nitrogen and oxygen atoms in total. The second-order valence-electron chi connectivity index (χ2n) is 5.25. The van der Waals surface area contributed by atoms with Crippen LogP contribution in [-0.4, -0.2) is 36.2 Å². The molecule has 0 spiro atoms. The summed E-state index contributed by atoms with van der Waals surface area (Å²) in [6.45, 7) is 5.67. The number of benzene rings is 1. The molecule has 1 aliphatic rings. The van der Waals surface area contributed by atoms with Crippen LogP contribution in [0, 0.1) is 6.92 Å². The smallest absolute Gasteiger partial charge is 0.0618 e. The van der Waals surface area contributed by atoms with Crippen LogP contribution in [0.25, 0.3) is 0 Å². The van der Waals surface area contributed by atoms with Crippen molar-refractivity contribution in [2.45, 2.75) is 13.0 Å². The van der Waals surface area contributed by atoms with Crippen LogP contribution < -0.4 is 0 Å². The van der Waals surface area contributed by atoms with Crippen molar-refractivity contribution in [2.75, 3.05) is 26.3 Å². The quantitative estimate of drug-likeness (QED) is 0.856. The van der Waals surface area contributed by atoms with Gasteiger partial charge in [0, 0.05) is 25.5 Å². The molecule has 1 saturated heterocycles. The van der Waals surface area contributed by atoms with Gasteiger partial charge in [-0.15, -0.1) is 0 Å². The maximum absolute atomic E-state index is 5.48. The van der Waals surface area contributed by atoms with Gasteiger partial charge in [-0.1, -0.05) is 35.9 Å². The fourth-order valence-electron chi connectivity index (χ4n) is 2.74. The molecule has 0 aliphatic carbocycles. The maximum atomic E-state index is 5.48. The van der Waals surface area contributed by atoms with Gasteiger partial charge in [0.15, 0.2) is 0 Å². The Hall–Kier alpha value is -1.71. The predicted molar refractivity (Wildman–Crippen MR) is 79.7 cm³/mol. The third kappa shape index (κ3) is 2.89. The van der Waals surface area contributed by atoms with Gasteiger partial charge in [0.2, 0.25) is 0 Å². The molecular weight excluding hydrogens is 248 g/mol. The van der Waals surface area contributed by atoms with Crippen molar-refractivity contribution >= 4 is 0 Å². The lowest BCUT2D eigenvalue weighted by molar-refractivity contribution is 0.0239. The second kappa shape index (κ2) is 6.16. The highest BCUT2D eigenvalue weighted by atomic mass is 16.5. The number of hydrogen-bond donors (Lipinski definition) is 0. The number of rotatable bonds is 3. The van der Waals surface area contributed by atoms with Crippen LogP contribution >= 0.6 is 0 Å². The zero-order valence-corrected chi connectivity index (χ0v) is 11.8. The lowest BCUT2D eigenvalue weighted by Crippen LogP contribution is -2.39. The van der Waals surface area contributed by atoms with E-state index in [4.69, 9.17) is 4.74 Å². The van der Waals surface area contributed by atoms with E-state index >= 15 is 0 Å². The molecule has 2 heterocycles. The van der Waals surface area contributed by atoms with Gasteiger partial charge in [-0.25, -0.2) is 0 Å². The van der Waals surface area contributed by atoms with Crippen LogP contribution in [-0.2, 0) is 4.74 Å². The van der Waals surface area contributed by atoms with Crippen LogP contribution in [0.1, 0.15) is 22.7 Å². The first-order chi connectivity index (χ1) is 9.84. The summed E-state index contributed by atoms with van der Waals surface area (Å²) in [5.41, 5.74) is 3.87. The fourth-order valence-corrected chi connectivity index (χ4v) is 2.74. The lowest BCUT2D eigenvalue weighted by Gasteiger charge is -2.35. The van der Waals surface area contributed by atoms with Crippen LogP contribution in [0.5, 0.6) is 0 Å². The molecule has 3 heteroatoms. The van der Waals surface area contributed by atoms with Gasteiger partial charge in [-0.3, -0.25) is 9.88 Å². The molecular formula is C17H20N2O. The van der Waals surface area contributed by atoms with E-state index in [2.05, 4.69) is 47.1 Å². The number of aromatic nitrogens is 1. The van der Waals surface area contributed by atoms with Crippen molar-refractivity contribution in [3.63, 3.8) is 0 Å². The highest BCUT2D eigenvalue weighted by Crippen LogP contribution is 2.28. The van der Waals surface area contributed by atoms with Crippen molar-refractivity contribution in [3.05, 3.63) is 65.5 Å². The van der Waals surface area contributed by atoms with Gasteiger partial charge in [0.05, 0.1) is 19.3 Å². The van der Waals surface area contributed by atoms with Crippen molar-refractivity contribution < 1.29 is 4.74 Å². The molecule has 0 saturated carbocycles. The summed E-state index contributed by atoms with van der Waals surface area (Å²) in [6, 6.07) is 13.3. The molecule has 0 radical (unpaired) electrons. The summed E-state index contributed by atoms with van der Waals surface area (Å²) in [5.74, 6) is 0. The van der Waals surface area contributed by atoms with E-state index in [9.17, 15) is 0 Å². The van der Waals surface area contributed by atoms with E-state index in [0.29, 0.717) is 0 Å². The number of ether oxygens (including phenoxy) is 1. The summed E-state index contributed by atoms with van der Waals surface area (Å²) < 4.78 is 5.48. The van der Waals surface area contributed by atoms with E-state index in [1.807, 2.05) is 18.5 Å². The predicted octanol–water partition coefficient (Wildman–Crippen LogP) is 2.81. The average Bonchev–Trinajstić information content (AvgIpc) is 2.52. The number of nitrogens with zero attached hydrogens (tertiary/aromatic N) is 2. The van der Waals surface area contributed by atoms with E-state index < -0.39 is 0 Å². The topological polar surface area (TPSA) is 25.4 Å². The normalized spacial score (nSPS) is 17.9. The van der Waals surface area contributed by atoms with Crippen LogP contribution in [0.15, 0.2) is 48.8 Å². The highest BCUT2D eigenvalue weighted by molar-refractivity contribution is 5.32. The summed E-state index contributed by atoms with van der Waals surface area (Å²) in [6.07, 6.45) is 3.80. The van der Waals surface area contributed by atoms with E-state index in [0.717, 1.165) is 26.3 Å². The Morgan fingerprint density at radius 1 is 1.05 bits per heavy atom. The third-order valence-electron chi connectivity index (χ3n) is 3.80. The Balaban J connectivity index is 1.96. The maximum Gasteiger partial charge on any atom is 0.0618 e. The second-order valence-corrected chi connectivity index (χ2v) is 5.25. The van der Waals surface area contributed by atoms with Crippen molar-refractivity contribution in [1.82, 2.24) is 9.88 Å². The monoisotopic (exact) mass is 268 g/mol. The summed E-state index contributed by atoms with van der Waals surface area (Å²) in [5, 5.41) is 0. The zero-order valence-electron chi connectivity index (χ0n) is 11.8. The van der Waals surface area contributed by atoms with Gasteiger partial charge in [0.25, 0.3) is 0 Å². The molecule has 0 amide bonds. The minimum atomic E-state index is 0.271. The first kappa shape index (κ1) is 13.3. The number of hydrogen-bond acceptors (Lipinski definition) is 3. The molecule has 0 N–H and O–H groups in total. The highest BCUT2D eigenvalue weighted by Gasteiger charge is 2.24. The van der Waals surface area contributed by atoms with Crippen LogP contribution in [0.2, 0.25) is 0 Å². The zero-order chi connectivity index (χ0) is 13.8. The molecule has 1 aromatic carbocycles. The van der Waals surface area contributed by atoms with Crippen LogP contribution in [0.3, 0.4) is 0 Å². The van der Waals surface area contributed by atoms with Crippen molar-refractivity contribution in [2.24, 2.45) is 0 Å². The Kier molecular flexibility index (Phi) is 4.09. The molecule has 1 unspecified atom stereocenters. The standard InChI is InChI=1S/C17H20N2O/c1-14-4-6-15(7-5-14)17(16-3-2-8-18-13-16)19-9-11-20-12-10-19/h2-8,13,17H,9-12H2,1H3. The summed E-state index contributed by atoms with van der Waals surface area (Å²) >= 11 is 0. The Bertz CT molecular complexity index is 533. The molecule has 1 aromatic heterocycles. The lowest BCUT2D eigenvalue weighted by atomic mass is 9.97. The Morgan fingerprint density at radius 3 is 2.45 bits per heavy atom. The molecule has 1 atom stereocenters. The largest absolute Gasteiger partial charge is 0.379 e. The molecule has 20 heavy (non-hydrogen) atoms. The summed E-state index contributed by atoms with van der Waals surface area (Å²) in [4.78, 5) is 6.76. The molecule has 2 aromatic rings. The minimum Gasteiger partial charge on any atom is -0.379 e. The van der Waals surface area contributed by atoms with Gasteiger partial charge < -0.3 is 4.74 Å². The van der Waals surface area contributed by atoms with Gasteiger partial charge >= 0.3 is 0 Å². The van der Waals surface area contributed by atoms with Crippen LogP contribution in [0.4, 0.5) is 0 Å². The Labute approximate surface area is 120 Å². The Morgan fingerprint density at radius 2 is 1.80 bits per heavy atom. The number of aryl methyl sites for hydroxylation is 1. The fraction of sp³-hybridized carbons (Fsp3) is 0.353. The summed E-state index contributed by atoms with van der Waals surface area (Å²) in [7, 11) is 0. The van der Waals surface area contributed by atoms with Crippen molar-refractivity contribution in [3.8, 4) is 0 Å². The van der Waals surface area contributed by atoms with Gasteiger partial charge in [-0.2, -0.15) is 0 Å². The first-order valence-corrected chi connectivity index (χ1v) is 7.13. The average molecular weight is 268 g/mol. The minimum absolute atomic E-state index is 0.271. The van der Waals surface area contributed by atoms with Crippen molar-refractivity contribution in [1.29, 1.82) is 0 Å². The number of morpholine rings is 1. The molecule has 3 rings (SSSR count). The van der Waals surface area contributed by atoms with E-state index in [1.54, 1.807) is 0 Å². The van der Waals surface area contributed by atoms with E-state index in [-0.39, 0.29) is 6.04 Å². The molecule has 104 valence electrons. The molecule has 1 aliphatic heterocycles. The molecule has 0 bridgehead atoms. The van der Waals surface area contributed by atoms with E-state index in [1.165, 1.54) is 16.7 Å². The molecule has 1 fully saturated rings. The SMILES string of the molecule is Cc1ccc(C(c2cccnc2)N2CCOCC2)cc1. The van der Waals surface area contributed by atoms with Gasteiger partial charge in [0.1, 0.15) is 0 Å².